The first-order valence-electron chi connectivity index (χ1n) is 4.64. The molecule has 7 heteroatoms. The summed E-state index contributed by atoms with van der Waals surface area (Å²) in [6.07, 6.45) is 3.04. The topological polar surface area (TPSA) is 59.9 Å². The Morgan fingerprint density at radius 3 is 2.82 bits per heavy atom. The number of pyridine rings is 1. The molecule has 0 fully saturated rings. The number of rotatable bonds is 3. The van der Waals surface area contributed by atoms with E-state index in [-0.39, 0.29) is 5.15 Å². The molecular formula is C10H8Cl2N4O. The largest absolute Gasteiger partial charge is 0.481 e. The maximum atomic E-state index is 5.78. The summed E-state index contributed by atoms with van der Waals surface area (Å²) < 4.78 is 5.00. The molecule has 0 aliphatic carbocycles. The van der Waals surface area contributed by atoms with E-state index in [2.05, 4.69) is 20.3 Å². The zero-order chi connectivity index (χ0) is 12.3. The van der Waals surface area contributed by atoms with Crippen molar-refractivity contribution in [3.63, 3.8) is 0 Å². The predicted octanol–water partition coefficient (Wildman–Crippen LogP) is 2.93. The molecule has 2 rings (SSSR count). The Hall–Kier alpha value is -1.59. The molecule has 2 heterocycles. The lowest BCUT2D eigenvalue weighted by molar-refractivity contribution is 0.398. The van der Waals surface area contributed by atoms with Crippen LogP contribution in [0, 0.1) is 0 Å². The lowest BCUT2D eigenvalue weighted by Gasteiger charge is -2.06. The summed E-state index contributed by atoms with van der Waals surface area (Å²) in [6, 6.07) is 3.47. The Labute approximate surface area is 108 Å². The van der Waals surface area contributed by atoms with Crippen LogP contribution in [0.4, 0.5) is 11.6 Å². The molecule has 88 valence electrons. The van der Waals surface area contributed by atoms with Crippen LogP contribution in [0.5, 0.6) is 5.88 Å². The standard InChI is InChI=1S/C10H8Cl2N4O/c1-17-8-4-6(2-3-13-8)15-10-14-5-7(11)9(12)16-10/h2-5H,1H3,(H,13,14,15,16). The molecule has 2 aromatic heterocycles. The van der Waals surface area contributed by atoms with Gasteiger partial charge >= 0.3 is 0 Å². The first-order valence-corrected chi connectivity index (χ1v) is 5.40. The molecular weight excluding hydrogens is 263 g/mol. The molecule has 2 aromatic rings. The molecule has 0 aliphatic heterocycles. The number of aromatic nitrogens is 3. The highest BCUT2D eigenvalue weighted by atomic mass is 35.5. The Balaban J connectivity index is 2.22. The van der Waals surface area contributed by atoms with Gasteiger partial charge < -0.3 is 10.1 Å². The van der Waals surface area contributed by atoms with Gasteiger partial charge in [-0.1, -0.05) is 23.2 Å². The van der Waals surface area contributed by atoms with Crippen LogP contribution in [-0.4, -0.2) is 22.1 Å². The predicted molar refractivity (Wildman–Crippen MR) is 66.1 cm³/mol. The van der Waals surface area contributed by atoms with E-state index in [1.807, 2.05) is 0 Å². The fraction of sp³-hybridized carbons (Fsp3) is 0.100. The molecule has 0 amide bonds. The molecule has 0 unspecified atom stereocenters. The van der Waals surface area contributed by atoms with E-state index in [1.165, 1.54) is 6.20 Å². The highest BCUT2D eigenvalue weighted by Crippen LogP contribution is 2.21. The van der Waals surface area contributed by atoms with Crippen molar-refractivity contribution in [1.82, 2.24) is 15.0 Å². The molecule has 0 saturated heterocycles. The molecule has 0 radical (unpaired) electrons. The molecule has 5 nitrogen and oxygen atoms in total. The van der Waals surface area contributed by atoms with Gasteiger partial charge in [-0.15, -0.1) is 0 Å². The minimum absolute atomic E-state index is 0.199. The van der Waals surface area contributed by atoms with Gasteiger partial charge in [-0.05, 0) is 6.07 Å². The highest BCUT2D eigenvalue weighted by molar-refractivity contribution is 6.41. The number of methoxy groups -OCH3 is 1. The monoisotopic (exact) mass is 270 g/mol. The van der Waals surface area contributed by atoms with E-state index in [0.29, 0.717) is 16.9 Å². The van der Waals surface area contributed by atoms with Gasteiger partial charge in [0.05, 0.1) is 18.3 Å². The van der Waals surface area contributed by atoms with Crippen LogP contribution >= 0.6 is 23.2 Å². The summed E-state index contributed by atoms with van der Waals surface area (Å²) >= 11 is 11.5. The maximum absolute atomic E-state index is 5.78. The van der Waals surface area contributed by atoms with Crippen LogP contribution in [0.25, 0.3) is 0 Å². The second-order valence-electron chi connectivity index (χ2n) is 3.04. The Bertz CT molecular complexity index is 535. The van der Waals surface area contributed by atoms with E-state index >= 15 is 0 Å². The van der Waals surface area contributed by atoms with E-state index < -0.39 is 0 Å². The molecule has 0 aromatic carbocycles. The molecule has 0 spiro atoms. The molecule has 0 aliphatic rings. The maximum Gasteiger partial charge on any atom is 0.228 e. The fourth-order valence-corrected chi connectivity index (χ4v) is 1.35. The number of hydrogen-bond donors (Lipinski definition) is 1. The van der Waals surface area contributed by atoms with Crippen LogP contribution in [-0.2, 0) is 0 Å². The number of nitrogens with one attached hydrogen (secondary N) is 1. The third-order valence-corrected chi connectivity index (χ3v) is 2.56. The second-order valence-corrected chi connectivity index (χ2v) is 3.81. The van der Waals surface area contributed by atoms with Crippen LogP contribution in [0.15, 0.2) is 24.5 Å². The normalized spacial score (nSPS) is 10.1. The van der Waals surface area contributed by atoms with E-state index in [9.17, 15) is 0 Å². The number of hydrogen-bond acceptors (Lipinski definition) is 5. The third-order valence-electron chi connectivity index (χ3n) is 1.90. The molecule has 0 atom stereocenters. The molecule has 0 saturated carbocycles. The van der Waals surface area contributed by atoms with Gasteiger partial charge in [0.2, 0.25) is 11.8 Å². The fourth-order valence-electron chi connectivity index (χ4n) is 1.13. The quantitative estimate of drug-likeness (QED) is 0.869. The Kier molecular flexibility index (Phi) is 3.61. The molecule has 1 N–H and O–H groups in total. The number of halogens is 2. The Morgan fingerprint density at radius 2 is 2.12 bits per heavy atom. The van der Waals surface area contributed by atoms with Gasteiger partial charge in [0.15, 0.2) is 5.15 Å². The summed E-state index contributed by atoms with van der Waals surface area (Å²) in [5.41, 5.74) is 0.746. The van der Waals surface area contributed by atoms with E-state index in [0.717, 1.165) is 5.69 Å². The van der Waals surface area contributed by atoms with Crippen LogP contribution in [0.2, 0.25) is 10.2 Å². The van der Waals surface area contributed by atoms with Crippen molar-refractivity contribution in [2.75, 3.05) is 12.4 Å². The first-order chi connectivity index (χ1) is 8.19. The Morgan fingerprint density at radius 1 is 1.29 bits per heavy atom. The van der Waals surface area contributed by atoms with Crippen molar-refractivity contribution < 1.29 is 4.74 Å². The van der Waals surface area contributed by atoms with Crippen molar-refractivity contribution in [3.8, 4) is 5.88 Å². The minimum Gasteiger partial charge on any atom is -0.481 e. The van der Waals surface area contributed by atoms with Crippen LogP contribution < -0.4 is 10.1 Å². The van der Waals surface area contributed by atoms with Crippen molar-refractivity contribution in [2.45, 2.75) is 0 Å². The van der Waals surface area contributed by atoms with E-state index in [1.54, 1.807) is 25.4 Å². The van der Waals surface area contributed by atoms with Crippen molar-refractivity contribution >= 4 is 34.8 Å². The average molecular weight is 271 g/mol. The van der Waals surface area contributed by atoms with Gasteiger partial charge in [0, 0.05) is 18.0 Å². The van der Waals surface area contributed by atoms with Gasteiger partial charge in [-0.2, -0.15) is 4.98 Å². The smallest absolute Gasteiger partial charge is 0.228 e. The van der Waals surface area contributed by atoms with Gasteiger partial charge in [-0.3, -0.25) is 0 Å². The van der Waals surface area contributed by atoms with Gasteiger partial charge in [0.25, 0.3) is 0 Å². The summed E-state index contributed by atoms with van der Waals surface area (Å²) in [7, 11) is 1.54. The zero-order valence-electron chi connectivity index (χ0n) is 8.82. The highest BCUT2D eigenvalue weighted by Gasteiger charge is 2.04. The van der Waals surface area contributed by atoms with Crippen LogP contribution in [0.3, 0.4) is 0 Å². The SMILES string of the molecule is COc1cc(Nc2ncc(Cl)c(Cl)n2)ccn1. The molecule has 0 bridgehead atoms. The van der Waals surface area contributed by atoms with Crippen molar-refractivity contribution in [2.24, 2.45) is 0 Å². The lowest BCUT2D eigenvalue weighted by Crippen LogP contribution is -1.98. The van der Waals surface area contributed by atoms with Crippen molar-refractivity contribution in [3.05, 3.63) is 34.7 Å². The van der Waals surface area contributed by atoms with Gasteiger partial charge in [-0.25, -0.2) is 9.97 Å². The second kappa shape index (κ2) is 5.16. The summed E-state index contributed by atoms with van der Waals surface area (Å²) in [5, 5.41) is 3.47. The van der Waals surface area contributed by atoms with Crippen LogP contribution in [0.1, 0.15) is 0 Å². The van der Waals surface area contributed by atoms with Crippen molar-refractivity contribution in [1.29, 1.82) is 0 Å². The van der Waals surface area contributed by atoms with Gasteiger partial charge in [0.1, 0.15) is 0 Å². The number of ether oxygens (including phenoxy) is 1. The summed E-state index contributed by atoms with van der Waals surface area (Å²) in [5.74, 6) is 0.850. The summed E-state index contributed by atoms with van der Waals surface area (Å²) in [6.45, 7) is 0. The molecule has 17 heavy (non-hydrogen) atoms. The lowest BCUT2D eigenvalue weighted by atomic mass is 10.4. The summed E-state index contributed by atoms with van der Waals surface area (Å²) in [4.78, 5) is 11.9. The number of anilines is 2. The third kappa shape index (κ3) is 2.95. The first kappa shape index (κ1) is 11.9. The minimum atomic E-state index is 0.199. The average Bonchev–Trinajstić information content (AvgIpc) is 2.34. The zero-order valence-corrected chi connectivity index (χ0v) is 10.3. The number of nitrogens with zero attached hydrogens (tertiary/aromatic N) is 3. The van der Waals surface area contributed by atoms with E-state index in [4.69, 9.17) is 27.9 Å².